The summed E-state index contributed by atoms with van der Waals surface area (Å²) in [6, 6.07) is 8.76. The fourth-order valence-corrected chi connectivity index (χ4v) is 2.48. The van der Waals surface area contributed by atoms with E-state index in [4.69, 9.17) is 4.42 Å². The number of benzene rings is 1. The smallest absolute Gasteiger partial charge is 0.175 e. The zero-order valence-electron chi connectivity index (χ0n) is 11.2. The second-order valence-electron chi connectivity index (χ2n) is 4.63. The molecule has 0 fully saturated rings. The molecule has 4 nitrogen and oxygen atoms in total. The first-order valence-corrected chi connectivity index (χ1v) is 7.88. The molecule has 5 heteroatoms. The van der Waals surface area contributed by atoms with Gasteiger partial charge in [0.1, 0.15) is 5.76 Å². The number of hydrogen-bond donors (Lipinski definition) is 1. The fraction of sp³-hybridized carbons (Fsp3) is 0.286. The third-order valence-corrected chi connectivity index (χ3v) is 4.09. The van der Waals surface area contributed by atoms with Crippen LogP contribution in [0.15, 0.2) is 45.9 Å². The van der Waals surface area contributed by atoms with Crippen molar-refractivity contribution in [1.29, 1.82) is 0 Å². The van der Waals surface area contributed by atoms with Crippen LogP contribution in [0.2, 0.25) is 0 Å². The van der Waals surface area contributed by atoms with Crippen molar-refractivity contribution in [3.63, 3.8) is 0 Å². The Kier molecular flexibility index (Phi) is 3.66. The standard InChI is InChI=1S/C14H17NO3S/c1-10-6-7-12(19(3,16)17)9-13(10)15-11(2)14-5-4-8-18-14/h4-9,11,15H,1-3H3. The maximum absolute atomic E-state index is 11.6. The highest BCUT2D eigenvalue weighted by Crippen LogP contribution is 2.25. The Balaban J connectivity index is 2.30. The zero-order valence-corrected chi connectivity index (χ0v) is 12.0. The maximum Gasteiger partial charge on any atom is 0.175 e. The van der Waals surface area contributed by atoms with Crippen LogP contribution in [0.1, 0.15) is 24.3 Å². The molecule has 102 valence electrons. The van der Waals surface area contributed by atoms with Crippen molar-refractivity contribution in [2.24, 2.45) is 0 Å². The third-order valence-electron chi connectivity index (χ3n) is 2.98. The molecule has 1 atom stereocenters. The summed E-state index contributed by atoms with van der Waals surface area (Å²) >= 11 is 0. The van der Waals surface area contributed by atoms with E-state index in [0.29, 0.717) is 4.90 Å². The Labute approximate surface area is 113 Å². The molecule has 0 aliphatic heterocycles. The van der Waals surface area contributed by atoms with Gasteiger partial charge in [-0.25, -0.2) is 8.42 Å². The van der Waals surface area contributed by atoms with E-state index < -0.39 is 9.84 Å². The van der Waals surface area contributed by atoms with Crippen LogP contribution in [0.3, 0.4) is 0 Å². The largest absolute Gasteiger partial charge is 0.467 e. The molecule has 2 rings (SSSR count). The van der Waals surface area contributed by atoms with Gasteiger partial charge in [-0.15, -0.1) is 0 Å². The second kappa shape index (κ2) is 5.09. The van der Waals surface area contributed by atoms with Gasteiger partial charge in [0.2, 0.25) is 0 Å². The molecule has 1 aromatic carbocycles. The van der Waals surface area contributed by atoms with E-state index in [0.717, 1.165) is 17.0 Å². The molecule has 1 unspecified atom stereocenters. The molecule has 0 aliphatic carbocycles. The monoisotopic (exact) mass is 279 g/mol. The molecular formula is C14H17NO3S. The van der Waals surface area contributed by atoms with E-state index >= 15 is 0 Å². The Bertz CT molecular complexity index is 660. The van der Waals surface area contributed by atoms with Crippen LogP contribution in [0.25, 0.3) is 0 Å². The molecule has 0 saturated carbocycles. The number of sulfone groups is 1. The van der Waals surface area contributed by atoms with Crippen LogP contribution >= 0.6 is 0 Å². The molecule has 1 N–H and O–H groups in total. The number of furan rings is 1. The Morgan fingerprint density at radius 3 is 2.58 bits per heavy atom. The molecule has 0 radical (unpaired) electrons. The van der Waals surface area contributed by atoms with Crippen LogP contribution in [0.5, 0.6) is 0 Å². The Morgan fingerprint density at radius 2 is 2.00 bits per heavy atom. The summed E-state index contributed by atoms with van der Waals surface area (Å²) in [6.45, 7) is 3.90. The highest BCUT2D eigenvalue weighted by molar-refractivity contribution is 7.90. The summed E-state index contributed by atoms with van der Waals surface area (Å²) < 4.78 is 28.5. The molecule has 0 spiro atoms. The van der Waals surface area contributed by atoms with Gasteiger partial charge in [0.25, 0.3) is 0 Å². The van der Waals surface area contributed by atoms with E-state index in [1.807, 2.05) is 26.0 Å². The lowest BCUT2D eigenvalue weighted by atomic mass is 10.1. The van der Waals surface area contributed by atoms with E-state index in [1.54, 1.807) is 24.5 Å². The molecular weight excluding hydrogens is 262 g/mol. The highest BCUT2D eigenvalue weighted by atomic mass is 32.2. The minimum absolute atomic E-state index is 0.0245. The lowest BCUT2D eigenvalue weighted by Gasteiger charge is -2.16. The number of aryl methyl sites for hydroxylation is 1. The molecule has 19 heavy (non-hydrogen) atoms. The summed E-state index contributed by atoms with van der Waals surface area (Å²) in [6.07, 6.45) is 2.82. The number of hydrogen-bond acceptors (Lipinski definition) is 4. The van der Waals surface area contributed by atoms with Gasteiger partial charge in [-0.3, -0.25) is 0 Å². The lowest BCUT2D eigenvalue weighted by Crippen LogP contribution is -2.08. The third kappa shape index (κ3) is 3.17. The van der Waals surface area contributed by atoms with Gasteiger partial charge in [-0.1, -0.05) is 6.07 Å². The van der Waals surface area contributed by atoms with Crippen LogP contribution < -0.4 is 5.32 Å². The van der Waals surface area contributed by atoms with Gasteiger partial charge in [-0.2, -0.15) is 0 Å². The first kappa shape index (κ1) is 13.7. The van der Waals surface area contributed by atoms with E-state index in [9.17, 15) is 8.42 Å². The average molecular weight is 279 g/mol. The minimum Gasteiger partial charge on any atom is -0.467 e. The summed E-state index contributed by atoms with van der Waals surface area (Å²) in [7, 11) is -3.20. The normalized spacial score (nSPS) is 13.2. The molecule has 1 heterocycles. The number of anilines is 1. The van der Waals surface area contributed by atoms with Crippen molar-refractivity contribution in [2.45, 2.75) is 24.8 Å². The van der Waals surface area contributed by atoms with Crippen molar-refractivity contribution in [1.82, 2.24) is 0 Å². The quantitative estimate of drug-likeness (QED) is 0.934. The molecule has 1 aromatic heterocycles. The van der Waals surface area contributed by atoms with E-state index in [2.05, 4.69) is 5.32 Å². The first-order valence-electron chi connectivity index (χ1n) is 5.98. The molecule has 2 aromatic rings. The fourth-order valence-electron chi connectivity index (χ4n) is 1.83. The SMILES string of the molecule is Cc1ccc(S(C)(=O)=O)cc1NC(C)c1ccco1. The number of nitrogens with one attached hydrogen (secondary N) is 1. The molecule has 0 saturated heterocycles. The molecule has 0 bridgehead atoms. The summed E-state index contributed by atoms with van der Waals surface area (Å²) in [4.78, 5) is 0.312. The van der Waals surface area contributed by atoms with E-state index in [1.165, 1.54) is 6.26 Å². The molecule has 0 aliphatic rings. The zero-order chi connectivity index (χ0) is 14.0. The summed E-state index contributed by atoms with van der Waals surface area (Å²) in [5, 5.41) is 3.27. The number of rotatable bonds is 4. The van der Waals surface area contributed by atoms with Gasteiger partial charge in [0.15, 0.2) is 9.84 Å². The molecule has 0 amide bonds. The Hall–Kier alpha value is -1.75. The minimum atomic E-state index is -3.20. The maximum atomic E-state index is 11.6. The van der Waals surface area contributed by atoms with Crippen molar-refractivity contribution >= 4 is 15.5 Å². The van der Waals surface area contributed by atoms with Gasteiger partial charge < -0.3 is 9.73 Å². The van der Waals surface area contributed by atoms with Gasteiger partial charge in [0, 0.05) is 11.9 Å². The first-order chi connectivity index (χ1) is 8.88. The summed E-state index contributed by atoms with van der Waals surface area (Å²) in [5.41, 5.74) is 1.79. The predicted octanol–water partition coefficient (Wildman–Crippen LogP) is 3.16. The van der Waals surface area contributed by atoms with Crippen LogP contribution in [-0.4, -0.2) is 14.7 Å². The second-order valence-corrected chi connectivity index (χ2v) is 6.65. The lowest BCUT2D eigenvalue weighted by molar-refractivity contribution is 0.490. The van der Waals surface area contributed by atoms with Crippen molar-refractivity contribution in [3.8, 4) is 0 Å². The van der Waals surface area contributed by atoms with Gasteiger partial charge >= 0.3 is 0 Å². The van der Waals surface area contributed by atoms with Crippen LogP contribution in [-0.2, 0) is 9.84 Å². The van der Waals surface area contributed by atoms with Gasteiger partial charge in [-0.05, 0) is 43.7 Å². The van der Waals surface area contributed by atoms with Crippen LogP contribution in [0, 0.1) is 6.92 Å². The van der Waals surface area contributed by atoms with Crippen molar-refractivity contribution in [2.75, 3.05) is 11.6 Å². The predicted molar refractivity (Wildman–Crippen MR) is 75.0 cm³/mol. The average Bonchev–Trinajstić information content (AvgIpc) is 2.84. The Morgan fingerprint density at radius 1 is 1.26 bits per heavy atom. The van der Waals surface area contributed by atoms with Crippen molar-refractivity contribution in [3.05, 3.63) is 47.9 Å². The topological polar surface area (TPSA) is 59.3 Å². The van der Waals surface area contributed by atoms with Crippen LogP contribution in [0.4, 0.5) is 5.69 Å². The van der Waals surface area contributed by atoms with Gasteiger partial charge in [0.05, 0.1) is 17.2 Å². The summed E-state index contributed by atoms with van der Waals surface area (Å²) in [5.74, 6) is 0.809. The van der Waals surface area contributed by atoms with E-state index in [-0.39, 0.29) is 6.04 Å². The highest BCUT2D eigenvalue weighted by Gasteiger charge is 2.13. The van der Waals surface area contributed by atoms with Crippen molar-refractivity contribution < 1.29 is 12.8 Å².